The maximum Gasteiger partial charge on any atom is 0.258 e. The summed E-state index contributed by atoms with van der Waals surface area (Å²) >= 11 is 1.49. The van der Waals surface area contributed by atoms with Gasteiger partial charge in [0.05, 0.1) is 5.69 Å². The van der Waals surface area contributed by atoms with Gasteiger partial charge in [0.1, 0.15) is 0 Å². The SMILES string of the molecule is CN(Cc1cc(=O)n2ccsc2n1)C1CNC1. The zero-order valence-electron chi connectivity index (χ0n) is 9.59. The minimum absolute atomic E-state index is 0.00591. The average Bonchev–Trinajstić information content (AvgIpc) is 2.62. The highest BCUT2D eigenvalue weighted by Gasteiger charge is 2.21. The molecular weight excluding hydrogens is 236 g/mol. The van der Waals surface area contributed by atoms with Gasteiger partial charge in [-0.2, -0.15) is 0 Å². The summed E-state index contributed by atoms with van der Waals surface area (Å²) in [4.78, 5) is 19.3. The van der Waals surface area contributed by atoms with Crippen LogP contribution < -0.4 is 10.9 Å². The third-order valence-corrected chi connectivity index (χ3v) is 3.91. The van der Waals surface area contributed by atoms with Crippen LogP contribution in [0.15, 0.2) is 22.4 Å². The third-order valence-electron chi connectivity index (χ3n) is 3.15. The molecule has 90 valence electrons. The van der Waals surface area contributed by atoms with Gasteiger partial charge in [-0.25, -0.2) is 4.98 Å². The monoisotopic (exact) mass is 250 g/mol. The number of rotatable bonds is 3. The molecule has 3 heterocycles. The van der Waals surface area contributed by atoms with E-state index in [0.29, 0.717) is 6.04 Å². The molecule has 0 bridgehead atoms. The molecule has 3 rings (SSSR count). The van der Waals surface area contributed by atoms with Gasteiger partial charge in [-0.05, 0) is 7.05 Å². The van der Waals surface area contributed by atoms with Crippen LogP contribution in [-0.4, -0.2) is 40.5 Å². The smallest absolute Gasteiger partial charge is 0.258 e. The summed E-state index contributed by atoms with van der Waals surface area (Å²) in [5, 5.41) is 5.12. The Morgan fingerprint density at radius 1 is 1.65 bits per heavy atom. The maximum absolute atomic E-state index is 11.8. The molecule has 1 N–H and O–H groups in total. The minimum atomic E-state index is 0.00591. The molecule has 5 nitrogen and oxygen atoms in total. The predicted octanol–water partition coefficient (Wildman–Crippen LogP) is 0.160. The van der Waals surface area contributed by atoms with Gasteiger partial charge in [0.2, 0.25) is 0 Å². The molecule has 0 radical (unpaired) electrons. The Hall–Kier alpha value is -1.24. The molecule has 0 aromatic carbocycles. The minimum Gasteiger partial charge on any atom is -0.314 e. The number of hydrogen-bond donors (Lipinski definition) is 1. The van der Waals surface area contributed by atoms with Crippen molar-refractivity contribution in [1.29, 1.82) is 0 Å². The number of thiazole rings is 1. The van der Waals surface area contributed by atoms with E-state index in [1.165, 1.54) is 11.3 Å². The van der Waals surface area contributed by atoms with Crippen LogP contribution in [0.25, 0.3) is 4.96 Å². The molecule has 0 amide bonds. The molecule has 6 heteroatoms. The van der Waals surface area contributed by atoms with E-state index in [2.05, 4.69) is 22.2 Å². The van der Waals surface area contributed by atoms with Gasteiger partial charge < -0.3 is 5.32 Å². The van der Waals surface area contributed by atoms with E-state index in [4.69, 9.17) is 0 Å². The van der Waals surface area contributed by atoms with E-state index in [1.54, 1.807) is 16.7 Å². The van der Waals surface area contributed by atoms with Crippen molar-refractivity contribution in [2.45, 2.75) is 12.6 Å². The zero-order chi connectivity index (χ0) is 11.8. The standard InChI is InChI=1S/C11H14N4OS/c1-14(9-5-12-6-9)7-8-4-10(16)15-2-3-17-11(15)13-8/h2-4,9,12H,5-7H2,1H3. The van der Waals surface area contributed by atoms with Crippen LogP contribution in [0, 0.1) is 0 Å². The van der Waals surface area contributed by atoms with E-state index in [9.17, 15) is 4.79 Å². The first kappa shape index (κ1) is 10.9. The molecule has 0 saturated carbocycles. The van der Waals surface area contributed by atoms with Crippen LogP contribution in [-0.2, 0) is 6.54 Å². The van der Waals surface area contributed by atoms with Crippen LogP contribution in [0.4, 0.5) is 0 Å². The molecule has 1 aliphatic heterocycles. The first-order chi connectivity index (χ1) is 8.24. The molecule has 1 fully saturated rings. The van der Waals surface area contributed by atoms with Gasteiger partial charge >= 0.3 is 0 Å². The highest BCUT2D eigenvalue weighted by atomic mass is 32.1. The number of likely N-dealkylation sites (N-methyl/N-ethyl adjacent to an activating group) is 1. The summed E-state index contributed by atoms with van der Waals surface area (Å²) < 4.78 is 1.58. The Balaban J connectivity index is 1.87. The number of hydrogen-bond acceptors (Lipinski definition) is 5. The van der Waals surface area contributed by atoms with E-state index in [1.807, 2.05) is 5.38 Å². The van der Waals surface area contributed by atoms with Gasteiger partial charge in [0, 0.05) is 43.3 Å². The summed E-state index contributed by atoms with van der Waals surface area (Å²) in [7, 11) is 2.07. The Morgan fingerprint density at radius 3 is 3.18 bits per heavy atom. The third kappa shape index (κ3) is 1.99. The fourth-order valence-corrected chi connectivity index (χ4v) is 2.68. The fraction of sp³-hybridized carbons (Fsp3) is 0.455. The molecule has 0 unspecified atom stereocenters. The number of fused-ring (bicyclic) bond motifs is 1. The largest absolute Gasteiger partial charge is 0.314 e. The van der Waals surface area contributed by atoms with Gasteiger partial charge in [0.15, 0.2) is 4.96 Å². The van der Waals surface area contributed by atoms with E-state index in [-0.39, 0.29) is 5.56 Å². The molecule has 0 aliphatic carbocycles. The van der Waals surface area contributed by atoms with Crippen molar-refractivity contribution in [3.05, 3.63) is 33.7 Å². The molecule has 2 aromatic heterocycles. The van der Waals surface area contributed by atoms with Crippen LogP contribution in [0.5, 0.6) is 0 Å². The van der Waals surface area contributed by atoms with Crippen molar-refractivity contribution >= 4 is 16.3 Å². The molecule has 17 heavy (non-hydrogen) atoms. The molecule has 2 aromatic rings. The van der Waals surface area contributed by atoms with Crippen molar-refractivity contribution < 1.29 is 0 Å². The van der Waals surface area contributed by atoms with Crippen LogP contribution in [0.2, 0.25) is 0 Å². The summed E-state index contributed by atoms with van der Waals surface area (Å²) in [6.45, 7) is 2.78. The summed E-state index contributed by atoms with van der Waals surface area (Å²) in [6.07, 6.45) is 1.76. The van der Waals surface area contributed by atoms with Crippen LogP contribution >= 0.6 is 11.3 Å². The summed E-state index contributed by atoms with van der Waals surface area (Å²) in [5.74, 6) is 0. The second-order valence-electron chi connectivity index (χ2n) is 4.37. The summed E-state index contributed by atoms with van der Waals surface area (Å²) in [5.41, 5.74) is 0.859. The first-order valence-corrected chi connectivity index (χ1v) is 6.49. The fourth-order valence-electron chi connectivity index (χ4n) is 1.94. The Kier molecular flexibility index (Phi) is 2.70. The first-order valence-electron chi connectivity index (χ1n) is 5.61. The van der Waals surface area contributed by atoms with Crippen molar-refractivity contribution in [2.24, 2.45) is 0 Å². The highest BCUT2D eigenvalue weighted by molar-refractivity contribution is 7.15. The molecular formula is C11H14N4OS. The molecule has 0 spiro atoms. The van der Waals surface area contributed by atoms with Crippen molar-refractivity contribution in [3.8, 4) is 0 Å². The molecule has 1 aliphatic rings. The van der Waals surface area contributed by atoms with E-state index >= 15 is 0 Å². The molecule has 0 atom stereocenters. The predicted molar refractivity (Wildman–Crippen MR) is 67.5 cm³/mol. The van der Waals surface area contributed by atoms with Crippen molar-refractivity contribution in [3.63, 3.8) is 0 Å². The van der Waals surface area contributed by atoms with Gasteiger partial charge in [-0.15, -0.1) is 11.3 Å². The van der Waals surface area contributed by atoms with Crippen LogP contribution in [0.1, 0.15) is 5.69 Å². The Labute approximate surface area is 103 Å². The van der Waals surface area contributed by atoms with Crippen molar-refractivity contribution in [2.75, 3.05) is 20.1 Å². The topological polar surface area (TPSA) is 49.6 Å². The van der Waals surface area contributed by atoms with Gasteiger partial charge in [0.25, 0.3) is 5.56 Å². The van der Waals surface area contributed by atoms with E-state index < -0.39 is 0 Å². The lowest BCUT2D eigenvalue weighted by atomic mass is 10.1. The second kappa shape index (κ2) is 4.21. The highest BCUT2D eigenvalue weighted by Crippen LogP contribution is 2.10. The average molecular weight is 250 g/mol. The second-order valence-corrected chi connectivity index (χ2v) is 5.24. The lowest BCUT2D eigenvalue weighted by molar-refractivity contribution is 0.171. The Bertz CT molecular complexity index is 586. The number of nitrogens with one attached hydrogen (secondary N) is 1. The number of aromatic nitrogens is 2. The van der Waals surface area contributed by atoms with E-state index in [0.717, 1.165) is 30.3 Å². The van der Waals surface area contributed by atoms with Gasteiger partial charge in [-0.3, -0.25) is 14.1 Å². The van der Waals surface area contributed by atoms with Crippen LogP contribution in [0.3, 0.4) is 0 Å². The Morgan fingerprint density at radius 2 is 2.47 bits per heavy atom. The van der Waals surface area contributed by atoms with Crippen molar-refractivity contribution in [1.82, 2.24) is 19.6 Å². The zero-order valence-corrected chi connectivity index (χ0v) is 10.4. The summed E-state index contributed by atoms with van der Waals surface area (Å²) in [6, 6.07) is 2.20. The lowest BCUT2D eigenvalue weighted by Crippen LogP contribution is -2.55. The van der Waals surface area contributed by atoms with Gasteiger partial charge in [-0.1, -0.05) is 0 Å². The normalized spacial score (nSPS) is 16.6. The maximum atomic E-state index is 11.8. The molecule has 1 saturated heterocycles. The lowest BCUT2D eigenvalue weighted by Gasteiger charge is -2.35. The quantitative estimate of drug-likeness (QED) is 0.843. The number of nitrogens with zero attached hydrogens (tertiary/aromatic N) is 3.